The summed E-state index contributed by atoms with van der Waals surface area (Å²) in [6.07, 6.45) is 7.91. The fourth-order valence-electron chi connectivity index (χ4n) is 3.35. The number of fused-ring (bicyclic) bond motifs is 1. The highest BCUT2D eigenvalue weighted by atomic mass is 14.5. The normalized spacial score (nSPS) is 37.3. The van der Waals surface area contributed by atoms with Gasteiger partial charge in [-0.1, -0.05) is 39.8 Å². The molecule has 14 heavy (non-hydrogen) atoms. The zero-order valence-electron chi connectivity index (χ0n) is 9.77. The molecule has 2 atom stereocenters. The first-order chi connectivity index (χ1) is 6.54. The summed E-state index contributed by atoms with van der Waals surface area (Å²) in [6, 6.07) is 0. The lowest BCUT2D eigenvalue weighted by molar-refractivity contribution is 0.254. The fourth-order valence-corrected chi connectivity index (χ4v) is 3.35. The predicted molar refractivity (Wildman–Crippen MR) is 62.1 cm³/mol. The van der Waals surface area contributed by atoms with Crippen LogP contribution in [0.15, 0.2) is 23.8 Å². The van der Waals surface area contributed by atoms with E-state index in [1.165, 1.54) is 36.8 Å². The molecule has 0 spiro atoms. The topological polar surface area (TPSA) is 0 Å². The molecule has 0 nitrogen and oxygen atoms in total. The van der Waals surface area contributed by atoms with Gasteiger partial charge < -0.3 is 0 Å². The minimum absolute atomic E-state index is 0.551. The molecule has 0 heterocycles. The van der Waals surface area contributed by atoms with Crippen LogP contribution in [0.5, 0.6) is 0 Å². The molecule has 0 saturated heterocycles. The molecule has 0 aromatic rings. The van der Waals surface area contributed by atoms with Gasteiger partial charge in [0.1, 0.15) is 0 Å². The zero-order chi connectivity index (χ0) is 10.3. The van der Waals surface area contributed by atoms with Crippen LogP contribution in [0.25, 0.3) is 0 Å². The maximum absolute atomic E-state index is 4.34. The van der Waals surface area contributed by atoms with Gasteiger partial charge in [0.25, 0.3) is 0 Å². The SMILES string of the molecule is C=C1C(C(C)C)=CC[C@]2(C)CCCC12. The monoisotopic (exact) mass is 190 g/mol. The van der Waals surface area contributed by atoms with Gasteiger partial charge in [-0.2, -0.15) is 0 Å². The molecule has 0 bridgehead atoms. The van der Waals surface area contributed by atoms with Gasteiger partial charge >= 0.3 is 0 Å². The third-order valence-electron chi connectivity index (χ3n) is 4.28. The third kappa shape index (κ3) is 1.36. The minimum atomic E-state index is 0.551. The molecule has 0 aromatic heterocycles. The van der Waals surface area contributed by atoms with Crippen molar-refractivity contribution in [1.29, 1.82) is 0 Å². The molecular formula is C14H22. The van der Waals surface area contributed by atoms with Crippen molar-refractivity contribution >= 4 is 0 Å². The van der Waals surface area contributed by atoms with Crippen molar-refractivity contribution in [2.24, 2.45) is 17.3 Å². The largest absolute Gasteiger partial charge is 0.0953 e. The Balaban J connectivity index is 2.30. The highest BCUT2D eigenvalue weighted by Gasteiger charge is 2.42. The molecule has 0 N–H and O–H groups in total. The van der Waals surface area contributed by atoms with Crippen LogP contribution in [0.3, 0.4) is 0 Å². The number of allylic oxidation sites excluding steroid dienone is 3. The Morgan fingerprint density at radius 3 is 2.86 bits per heavy atom. The lowest BCUT2D eigenvalue weighted by Crippen LogP contribution is -2.27. The van der Waals surface area contributed by atoms with Crippen LogP contribution in [0.2, 0.25) is 0 Å². The van der Waals surface area contributed by atoms with Crippen molar-refractivity contribution in [3.63, 3.8) is 0 Å². The molecule has 0 amide bonds. The van der Waals surface area contributed by atoms with Crippen molar-refractivity contribution in [3.05, 3.63) is 23.8 Å². The van der Waals surface area contributed by atoms with E-state index in [1.54, 1.807) is 0 Å². The van der Waals surface area contributed by atoms with Crippen LogP contribution in [0.1, 0.15) is 46.5 Å². The molecule has 2 aliphatic rings. The van der Waals surface area contributed by atoms with E-state index in [9.17, 15) is 0 Å². The van der Waals surface area contributed by atoms with Gasteiger partial charge in [-0.05, 0) is 47.7 Å². The first-order valence-corrected chi connectivity index (χ1v) is 5.94. The summed E-state index contributed by atoms with van der Waals surface area (Å²) in [5, 5.41) is 0. The Morgan fingerprint density at radius 1 is 1.50 bits per heavy atom. The molecular weight excluding hydrogens is 168 g/mol. The fraction of sp³-hybridized carbons (Fsp3) is 0.714. The van der Waals surface area contributed by atoms with Crippen molar-refractivity contribution in [2.45, 2.75) is 46.5 Å². The van der Waals surface area contributed by atoms with E-state index in [4.69, 9.17) is 0 Å². The van der Waals surface area contributed by atoms with E-state index >= 15 is 0 Å². The summed E-state index contributed by atoms with van der Waals surface area (Å²) < 4.78 is 0. The predicted octanol–water partition coefficient (Wildman–Crippen LogP) is 4.34. The van der Waals surface area contributed by atoms with Crippen LogP contribution in [-0.2, 0) is 0 Å². The zero-order valence-corrected chi connectivity index (χ0v) is 9.77. The Hall–Kier alpha value is -0.520. The lowest BCUT2D eigenvalue weighted by Gasteiger charge is -2.38. The minimum Gasteiger partial charge on any atom is -0.0953 e. The van der Waals surface area contributed by atoms with Crippen LogP contribution < -0.4 is 0 Å². The van der Waals surface area contributed by atoms with E-state index < -0.39 is 0 Å². The molecule has 2 aliphatic carbocycles. The summed E-state index contributed by atoms with van der Waals surface area (Å²) in [6.45, 7) is 11.4. The van der Waals surface area contributed by atoms with Gasteiger partial charge in [0.05, 0.1) is 0 Å². The average molecular weight is 190 g/mol. The average Bonchev–Trinajstić information content (AvgIpc) is 2.47. The molecule has 0 aliphatic heterocycles. The van der Waals surface area contributed by atoms with E-state index in [0.717, 1.165) is 5.92 Å². The van der Waals surface area contributed by atoms with Gasteiger partial charge in [-0.3, -0.25) is 0 Å². The lowest BCUT2D eigenvalue weighted by atomic mass is 9.66. The summed E-state index contributed by atoms with van der Waals surface area (Å²) in [4.78, 5) is 0. The maximum Gasteiger partial charge on any atom is -0.0108 e. The van der Waals surface area contributed by atoms with E-state index in [-0.39, 0.29) is 0 Å². The first-order valence-electron chi connectivity index (χ1n) is 5.94. The summed E-state index contributed by atoms with van der Waals surface area (Å²) in [5.74, 6) is 1.44. The smallest absolute Gasteiger partial charge is 0.0108 e. The molecule has 2 rings (SSSR count). The van der Waals surface area contributed by atoms with E-state index in [1.807, 2.05) is 0 Å². The van der Waals surface area contributed by atoms with Crippen molar-refractivity contribution < 1.29 is 0 Å². The first kappa shape index (κ1) is 10.0. The summed E-state index contributed by atoms with van der Waals surface area (Å²) in [7, 11) is 0. The van der Waals surface area contributed by atoms with Gasteiger partial charge in [-0.25, -0.2) is 0 Å². The molecule has 0 radical (unpaired) electrons. The van der Waals surface area contributed by atoms with Crippen LogP contribution in [0.4, 0.5) is 0 Å². The van der Waals surface area contributed by atoms with E-state index in [2.05, 4.69) is 33.4 Å². The van der Waals surface area contributed by atoms with Crippen LogP contribution >= 0.6 is 0 Å². The second-order valence-corrected chi connectivity index (χ2v) is 5.64. The highest BCUT2D eigenvalue weighted by molar-refractivity contribution is 5.37. The van der Waals surface area contributed by atoms with Crippen molar-refractivity contribution in [1.82, 2.24) is 0 Å². The molecule has 78 valence electrons. The van der Waals surface area contributed by atoms with E-state index in [0.29, 0.717) is 11.3 Å². The summed E-state index contributed by atoms with van der Waals surface area (Å²) >= 11 is 0. The van der Waals surface area contributed by atoms with Gasteiger partial charge in [-0.15, -0.1) is 0 Å². The standard InChI is InChI=1S/C14H22/c1-10(2)12-7-9-14(4)8-5-6-13(14)11(12)3/h7,10,13H,3,5-6,8-9H2,1-2,4H3/t13?,14-/m0/s1. The molecule has 1 fully saturated rings. The quantitative estimate of drug-likeness (QED) is 0.577. The van der Waals surface area contributed by atoms with Gasteiger partial charge in [0, 0.05) is 0 Å². The van der Waals surface area contributed by atoms with Gasteiger partial charge in [0.2, 0.25) is 0 Å². The molecule has 1 saturated carbocycles. The Bertz CT molecular complexity index is 282. The van der Waals surface area contributed by atoms with Crippen molar-refractivity contribution in [3.8, 4) is 0 Å². The van der Waals surface area contributed by atoms with Crippen LogP contribution in [-0.4, -0.2) is 0 Å². The molecule has 1 unspecified atom stereocenters. The Morgan fingerprint density at radius 2 is 2.21 bits per heavy atom. The van der Waals surface area contributed by atoms with Crippen LogP contribution in [0, 0.1) is 17.3 Å². The Labute approximate surface area is 88.1 Å². The summed E-state index contributed by atoms with van der Waals surface area (Å²) in [5.41, 5.74) is 3.54. The number of rotatable bonds is 1. The third-order valence-corrected chi connectivity index (χ3v) is 4.28. The molecule has 0 aromatic carbocycles. The number of hydrogen-bond donors (Lipinski definition) is 0. The molecule has 0 heteroatoms. The second kappa shape index (κ2) is 3.25. The highest BCUT2D eigenvalue weighted by Crippen LogP contribution is 2.54. The second-order valence-electron chi connectivity index (χ2n) is 5.64. The maximum atomic E-state index is 4.34. The number of hydrogen-bond acceptors (Lipinski definition) is 0. The van der Waals surface area contributed by atoms with Gasteiger partial charge in [0.15, 0.2) is 0 Å². The van der Waals surface area contributed by atoms with Crippen molar-refractivity contribution in [2.75, 3.05) is 0 Å². The Kier molecular flexibility index (Phi) is 2.33.